The molecule has 0 aliphatic rings. The summed E-state index contributed by atoms with van der Waals surface area (Å²) in [5.74, 6) is 0.542. The molecule has 0 fully saturated rings. The van der Waals surface area contributed by atoms with Gasteiger partial charge in [0.05, 0.1) is 13.5 Å². The predicted molar refractivity (Wildman–Crippen MR) is 116 cm³/mol. The number of hydrogen-bond donors (Lipinski definition) is 1. The summed E-state index contributed by atoms with van der Waals surface area (Å²) in [5, 5.41) is 2.99. The van der Waals surface area contributed by atoms with Crippen molar-refractivity contribution in [1.82, 2.24) is 10.2 Å². The van der Waals surface area contributed by atoms with Crippen LogP contribution in [0.3, 0.4) is 0 Å². The van der Waals surface area contributed by atoms with Crippen molar-refractivity contribution in [2.75, 3.05) is 7.11 Å². The van der Waals surface area contributed by atoms with E-state index in [9.17, 15) is 9.59 Å². The van der Waals surface area contributed by atoms with Crippen molar-refractivity contribution in [3.63, 3.8) is 0 Å². The largest absolute Gasteiger partial charge is 0.497 e. The molecule has 2 atom stereocenters. The minimum absolute atomic E-state index is 0.0713. The monoisotopic (exact) mass is 396 g/mol. The quantitative estimate of drug-likeness (QED) is 0.700. The van der Waals surface area contributed by atoms with Gasteiger partial charge in [-0.25, -0.2) is 0 Å². The van der Waals surface area contributed by atoms with Gasteiger partial charge in [0.2, 0.25) is 11.8 Å². The fourth-order valence-corrected chi connectivity index (χ4v) is 3.04. The Morgan fingerprint density at radius 2 is 1.72 bits per heavy atom. The number of ether oxygens (including phenoxy) is 1. The Balaban J connectivity index is 2.23. The summed E-state index contributed by atoms with van der Waals surface area (Å²) in [6.45, 7) is 8.20. The third-order valence-corrected chi connectivity index (χ3v) is 5.28. The number of nitrogens with one attached hydrogen (secondary N) is 1. The molecule has 0 heterocycles. The summed E-state index contributed by atoms with van der Waals surface area (Å²) in [7, 11) is 1.61. The van der Waals surface area contributed by atoms with E-state index in [-0.39, 0.29) is 24.3 Å². The third-order valence-electron chi connectivity index (χ3n) is 5.28. The molecular formula is C24H32N2O3. The molecule has 0 aliphatic carbocycles. The van der Waals surface area contributed by atoms with E-state index in [4.69, 9.17) is 4.74 Å². The first-order valence-electron chi connectivity index (χ1n) is 10.1. The SMILES string of the molecule is CC[C@H](C)NC(=O)[C@@H](C)N(Cc1ccccc1C)C(=O)Cc1ccc(OC)cc1. The number of benzene rings is 2. The average molecular weight is 397 g/mol. The van der Waals surface area contributed by atoms with E-state index in [2.05, 4.69) is 5.32 Å². The van der Waals surface area contributed by atoms with E-state index in [0.29, 0.717) is 6.54 Å². The highest BCUT2D eigenvalue weighted by Crippen LogP contribution is 2.17. The fraction of sp³-hybridized carbons (Fsp3) is 0.417. The molecule has 0 aliphatic heterocycles. The molecule has 5 nitrogen and oxygen atoms in total. The molecule has 5 heteroatoms. The highest BCUT2D eigenvalue weighted by atomic mass is 16.5. The van der Waals surface area contributed by atoms with Gasteiger partial charge < -0.3 is 15.0 Å². The van der Waals surface area contributed by atoms with Crippen LogP contribution in [-0.4, -0.2) is 35.9 Å². The first-order chi connectivity index (χ1) is 13.8. The Bertz CT molecular complexity index is 817. The van der Waals surface area contributed by atoms with Gasteiger partial charge in [-0.2, -0.15) is 0 Å². The zero-order chi connectivity index (χ0) is 21.4. The Hall–Kier alpha value is -2.82. The summed E-state index contributed by atoms with van der Waals surface area (Å²) in [6.07, 6.45) is 1.08. The van der Waals surface area contributed by atoms with Crippen LogP contribution in [0.5, 0.6) is 5.75 Å². The molecule has 1 N–H and O–H groups in total. The van der Waals surface area contributed by atoms with Crippen LogP contribution in [0, 0.1) is 6.92 Å². The molecule has 0 saturated carbocycles. The van der Waals surface area contributed by atoms with Gasteiger partial charge in [0, 0.05) is 12.6 Å². The van der Waals surface area contributed by atoms with Crippen LogP contribution in [0.4, 0.5) is 0 Å². The average Bonchev–Trinajstić information content (AvgIpc) is 2.72. The van der Waals surface area contributed by atoms with Crippen LogP contribution < -0.4 is 10.1 Å². The van der Waals surface area contributed by atoms with Crippen molar-refractivity contribution in [2.24, 2.45) is 0 Å². The van der Waals surface area contributed by atoms with Crippen molar-refractivity contribution < 1.29 is 14.3 Å². The maximum Gasteiger partial charge on any atom is 0.242 e. The molecule has 0 aromatic heterocycles. The van der Waals surface area contributed by atoms with Gasteiger partial charge >= 0.3 is 0 Å². The maximum absolute atomic E-state index is 13.2. The van der Waals surface area contributed by atoms with Gasteiger partial charge in [0.1, 0.15) is 11.8 Å². The van der Waals surface area contributed by atoms with Crippen molar-refractivity contribution >= 4 is 11.8 Å². The molecule has 2 aromatic carbocycles. The van der Waals surface area contributed by atoms with E-state index in [0.717, 1.165) is 28.9 Å². The minimum Gasteiger partial charge on any atom is -0.497 e. The van der Waals surface area contributed by atoms with Crippen LogP contribution in [0.25, 0.3) is 0 Å². The topological polar surface area (TPSA) is 58.6 Å². The third kappa shape index (κ3) is 6.34. The number of carbonyl (C=O) groups is 2. The van der Waals surface area contributed by atoms with Gasteiger partial charge in [-0.05, 0) is 56.0 Å². The lowest BCUT2D eigenvalue weighted by Crippen LogP contribution is -2.50. The standard InChI is InChI=1S/C24H32N2O3/c1-6-18(3)25-24(28)19(4)26(16-21-10-8-7-9-17(21)2)23(27)15-20-11-13-22(29-5)14-12-20/h7-14,18-19H,6,15-16H2,1-5H3,(H,25,28)/t18-,19+/m0/s1. The fourth-order valence-electron chi connectivity index (χ4n) is 3.04. The van der Waals surface area contributed by atoms with Gasteiger partial charge in [-0.1, -0.05) is 43.3 Å². The normalized spacial score (nSPS) is 12.7. The van der Waals surface area contributed by atoms with E-state index < -0.39 is 6.04 Å². The van der Waals surface area contributed by atoms with E-state index in [1.54, 1.807) is 18.9 Å². The molecule has 2 aromatic rings. The second-order valence-electron chi connectivity index (χ2n) is 7.47. The number of amides is 2. The van der Waals surface area contributed by atoms with Gasteiger partial charge in [0.25, 0.3) is 0 Å². The summed E-state index contributed by atoms with van der Waals surface area (Å²) in [4.78, 5) is 27.6. The lowest BCUT2D eigenvalue weighted by Gasteiger charge is -2.30. The lowest BCUT2D eigenvalue weighted by molar-refractivity contribution is -0.140. The summed E-state index contributed by atoms with van der Waals surface area (Å²) in [6, 6.07) is 14.9. The minimum atomic E-state index is -0.561. The van der Waals surface area contributed by atoms with Crippen molar-refractivity contribution in [3.8, 4) is 5.75 Å². The van der Waals surface area contributed by atoms with Gasteiger partial charge in [0.15, 0.2) is 0 Å². The van der Waals surface area contributed by atoms with E-state index in [1.807, 2.05) is 69.3 Å². The number of aryl methyl sites for hydroxylation is 1. The molecule has 29 heavy (non-hydrogen) atoms. The number of carbonyl (C=O) groups excluding carboxylic acids is 2. The Morgan fingerprint density at radius 3 is 2.31 bits per heavy atom. The van der Waals surface area contributed by atoms with Crippen molar-refractivity contribution in [2.45, 2.75) is 59.2 Å². The molecule has 0 radical (unpaired) electrons. The van der Waals surface area contributed by atoms with Gasteiger partial charge in [-0.15, -0.1) is 0 Å². The second-order valence-corrected chi connectivity index (χ2v) is 7.47. The Morgan fingerprint density at radius 1 is 1.07 bits per heavy atom. The summed E-state index contributed by atoms with van der Waals surface area (Å²) >= 11 is 0. The first kappa shape index (κ1) is 22.5. The van der Waals surface area contributed by atoms with Gasteiger partial charge in [-0.3, -0.25) is 9.59 Å². The molecule has 0 bridgehead atoms. The Labute approximate surface area is 174 Å². The highest BCUT2D eigenvalue weighted by Gasteiger charge is 2.27. The van der Waals surface area contributed by atoms with E-state index >= 15 is 0 Å². The smallest absolute Gasteiger partial charge is 0.242 e. The van der Waals surface area contributed by atoms with Crippen molar-refractivity contribution in [3.05, 3.63) is 65.2 Å². The molecule has 0 unspecified atom stereocenters. The Kier molecular flexibility index (Phi) is 8.25. The predicted octanol–water partition coefficient (Wildman–Crippen LogP) is 3.88. The molecule has 0 saturated heterocycles. The van der Waals surface area contributed by atoms with Crippen LogP contribution in [0.15, 0.2) is 48.5 Å². The summed E-state index contributed by atoms with van der Waals surface area (Å²) in [5.41, 5.74) is 3.03. The lowest BCUT2D eigenvalue weighted by atomic mass is 10.1. The molecular weight excluding hydrogens is 364 g/mol. The van der Waals surface area contributed by atoms with Crippen LogP contribution in [-0.2, 0) is 22.6 Å². The van der Waals surface area contributed by atoms with E-state index in [1.165, 1.54) is 0 Å². The number of methoxy groups -OCH3 is 1. The molecule has 2 amide bonds. The molecule has 156 valence electrons. The zero-order valence-electron chi connectivity index (χ0n) is 18.1. The zero-order valence-corrected chi connectivity index (χ0v) is 18.1. The van der Waals surface area contributed by atoms with Crippen LogP contribution >= 0.6 is 0 Å². The first-order valence-corrected chi connectivity index (χ1v) is 10.1. The van der Waals surface area contributed by atoms with Crippen LogP contribution in [0.1, 0.15) is 43.9 Å². The molecule has 2 rings (SSSR count). The number of nitrogens with zero attached hydrogens (tertiary/aromatic N) is 1. The number of hydrogen-bond acceptors (Lipinski definition) is 3. The maximum atomic E-state index is 13.2. The molecule has 0 spiro atoms. The van der Waals surface area contributed by atoms with Crippen molar-refractivity contribution in [1.29, 1.82) is 0 Å². The van der Waals surface area contributed by atoms with Crippen LogP contribution in [0.2, 0.25) is 0 Å². The highest BCUT2D eigenvalue weighted by molar-refractivity contribution is 5.88. The second kappa shape index (κ2) is 10.6. The summed E-state index contributed by atoms with van der Waals surface area (Å²) < 4.78 is 5.18. The number of rotatable bonds is 9.